The van der Waals surface area contributed by atoms with Crippen molar-refractivity contribution >= 4 is 46.4 Å². The molecule has 0 saturated heterocycles. The average Bonchev–Trinajstić information content (AvgIpc) is 2.89. The highest BCUT2D eigenvalue weighted by atomic mass is 35.5. The van der Waals surface area contributed by atoms with Crippen LogP contribution in [0.5, 0.6) is 0 Å². The molecule has 0 spiro atoms. The van der Waals surface area contributed by atoms with Crippen LogP contribution in [0.4, 0.5) is 0 Å². The van der Waals surface area contributed by atoms with Gasteiger partial charge in [0.15, 0.2) is 0 Å². The number of likely N-dealkylation sites (N-methyl/N-ethyl adjacent to an activating group) is 1. The highest BCUT2D eigenvalue weighted by Gasteiger charge is 2.13. The lowest BCUT2D eigenvalue weighted by atomic mass is 10.2. The Morgan fingerprint density at radius 1 is 1.23 bits per heavy atom. The van der Waals surface area contributed by atoms with Crippen molar-refractivity contribution in [2.24, 2.45) is 0 Å². The van der Waals surface area contributed by atoms with E-state index in [1.165, 1.54) is 11.3 Å². The fourth-order valence-electron chi connectivity index (χ4n) is 1.78. The monoisotopic (exact) mass is 356 g/mol. The van der Waals surface area contributed by atoms with Crippen molar-refractivity contribution in [3.8, 4) is 0 Å². The van der Waals surface area contributed by atoms with Crippen LogP contribution >= 0.6 is 34.5 Å². The molecular formula is C15H14Cl2N2O2S. The Morgan fingerprint density at radius 3 is 2.64 bits per heavy atom. The van der Waals surface area contributed by atoms with Crippen molar-refractivity contribution in [1.82, 2.24) is 10.2 Å². The maximum Gasteiger partial charge on any atom is 0.251 e. The SMILES string of the molecule is CN(Cc1ccc(Cl)s1)C(=O)CNC(=O)c1cccc(Cl)c1. The molecule has 0 aliphatic rings. The summed E-state index contributed by atoms with van der Waals surface area (Å²) in [5.41, 5.74) is 0.424. The van der Waals surface area contributed by atoms with Gasteiger partial charge in [0.1, 0.15) is 0 Å². The zero-order valence-electron chi connectivity index (χ0n) is 11.8. The number of thiophene rings is 1. The number of rotatable bonds is 5. The quantitative estimate of drug-likeness (QED) is 0.891. The Labute approximate surface area is 142 Å². The second-order valence-electron chi connectivity index (χ2n) is 4.65. The third kappa shape index (κ3) is 4.73. The predicted octanol–water partition coefficient (Wildman–Crippen LogP) is 3.44. The average molecular weight is 357 g/mol. The van der Waals surface area contributed by atoms with Gasteiger partial charge in [-0.25, -0.2) is 0 Å². The van der Waals surface area contributed by atoms with Gasteiger partial charge in [0.05, 0.1) is 17.4 Å². The first-order chi connectivity index (χ1) is 10.5. The molecule has 0 fully saturated rings. The van der Waals surface area contributed by atoms with Gasteiger partial charge in [-0.05, 0) is 30.3 Å². The molecule has 0 aliphatic heterocycles. The van der Waals surface area contributed by atoms with Gasteiger partial charge < -0.3 is 10.2 Å². The van der Waals surface area contributed by atoms with Crippen molar-refractivity contribution in [3.05, 3.63) is 56.2 Å². The Morgan fingerprint density at radius 2 is 2.00 bits per heavy atom. The molecule has 2 rings (SSSR count). The Kier molecular flexibility index (Phi) is 5.83. The van der Waals surface area contributed by atoms with Crippen molar-refractivity contribution in [3.63, 3.8) is 0 Å². The van der Waals surface area contributed by atoms with Crippen LogP contribution in [0.3, 0.4) is 0 Å². The van der Waals surface area contributed by atoms with E-state index in [-0.39, 0.29) is 18.4 Å². The number of hydrogen-bond donors (Lipinski definition) is 1. The summed E-state index contributed by atoms with van der Waals surface area (Å²) >= 11 is 13.1. The van der Waals surface area contributed by atoms with Crippen LogP contribution in [0.25, 0.3) is 0 Å². The minimum atomic E-state index is -0.330. The van der Waals surface area contributed by atoms with Crippen LogP contribution in [0.1, 0.15) is 15.2 Å². The van der Waals surface area contributed by atoms with Crippen LogP contribution < -0.4 is 5.32 Å². The molecule has 1 N–H and O–H groups in total. The summed E-state index contributed by atoms with van der Waals surface area (Å²) in [5.74, 6) is -0.511. The fourth-order valence-corrected chi connectivity index (χ4v) is 3.11. The first kappa shape index (κ1) is 16.8. The summed E-state index contributed by atoms with van der Waals surface area (Å²) < 4.78 is 0.685. The molecule has 0 saturated carbocycles. The highest BCUT2D eigenvalue weighted by molar-refractivity contribution is 7.16. The lowest BCUT2D eigenvalue weighted by Crippen LogP contribution is -2.37. The van der Waals surface area contributed by atoms with E-state index in [1.807, 2.05) is 6.07 Å². The predicted molar refractivity (Wildman–Crippen MR) is 89.6 cm³/mol. The Hall–Kier alpha value is -1.56. The van der Waals surface area contributed by atoms with Gasteiger partial charge in [0.2, 0.25) is 5.91 Å². The molecule has 2 aromatic rings. The topological polar surface area (TPSA) is 49.4 Å². The summed E-state index contributed by atoms with van der Waals surface area (Å²) in [6, 6.07) is 10.2. The summed E-state index contributed by atoms with van der Waals surface area (Å²) in [7, 11) is 1.68. The number of carbonyl (C=O) groups excluding carboxylic acids is 2. The molecule has 1 aromatic carbocycles. The second-order valence-corrected chi connectivity index (χ2v) is 6.88. The number of benzene rings is 1. The smallest absolute Gasteiger partial charge is 0.251 e. The molecule has 4 nitrogen and oxygen atoms in total. The third-order valence-electron chi connectivity index (χ3n) is 2.93. The van der Waals surface area contributed by atoms with Crippen molar-refractivity contribution in [2.75, 3.05) is 13.6 Å². The summed E-state index contributed by atoms with van der Waals surface area (Å²) in [4.78, 5) is 26.5. The maximum absolute atomic E-state index is 12.0. The maximum atomic E-state index is 12.0. The largest absolute Gasteiger partial charge is 0.343 e. The molecule has 1 heterocycles. The van der Waals surface area contributed by atoms with Gasteiger partial charge in [-0.15, -0.1) is 11.3 Å². The number of nitrogens with zero attached hydrogens (tertiary/aromatic N) is 1. The second kappa shape index (κ2) is 7.63. The van der Waals surface area contributed by atoms with Crippen LogP contribution in [0, 0.1) is 0 Å². The number of halogens is 2. The van der Waals surface area contributed by atoms with Gasteiger partial charge in [0.25, 0.3) is 5.91 Å². The molecular weight excluding hydrogens is 343 g/mol. The number of amides is 2. The molecule has 2 amide bonds. The van der Waals surface area contributed by atoms with E-state index in [0.29, 0.717) is 21.5 Å². The molecule has 0 atom stereocenters. The van der Waals surface area contributed by atoms with Crippen LogP contribution in [0.15, 0.2) is 36.4 Å². The molecule has 0 aliphatic carbocycles. The van der Waals surface area contributed by atoms with Gasteiger partial charge in [-0.3, -0.25) is 9.59 Å². The minimum Gasteiger partial charge on any atom is -0.343 e. The van der Waals surface area contributed by atoms with E-state index in [4.69, 9.17) is 23.2 Å². The van der Waals surface area contributed by atoms with E-state index in [1.54, 1.807) is 42.3 Å². The van der Waals surface area contributed by atoms with Crippen LogP contribution in [-0.2, 0) is 11.3 Å². The fraction of sp³-hybridized carbons (Fsp3) is 0.200. The first-order valence-electron chi connectivity index (χ1n) is 6.47. The Bertz CT molecular complexity index is 688. The van der Waals surface area contributed by atoms with E-state index in [9.17, 15) is 9.59 Å². The number of carbonyl (C=O) groups is 2. The van der Waals surface area contributed by atoms with Gasteiger partial charge >= 0.3 is 0 Å². The molecule has 7 heteroatoms. The van der Waals surface area contributed by atoms with Crippen LogP contribution in [0.2, 0.25) is 9.36 Å². The van der Waals surface area contributed by atoms with Gasteiger partial charge in [0, 0.05) is 22.5 Å². The molecule has 116 valence electrons. The summed E-state index contributed by atoms with van der Waals surface area (Å²) in [6.45, 7) is 0.393. The lowest BCUT2D eigenvalue weighted by molar-refractivity contribution is -0.129. The van der Waals surface area contributed by atoms with Crippen molar-refractivity contribution in [2.45, 2.75) is 6.54 Å². The summed E-state index contributed by atoms with van der Waals surface area (Å²) in [6.07, 6.45) is 0. The zero-order chi connectivity index (χ0) is 16.1. The summed E-state index contributed by atoms with van der Waals surface area (Å²) in [5, 5.41) is 3.06. The minimum absolute atomic E-state index is 0.0685. The highest BCUT2D eigenvalue weighted by Crippen LogP contribution is 2.22. The molecule has 0 unspecified atom stereocenters. The number of nitrogens with one attached hydrogen (secondary N) is 1. The van der Waals surface area contributed by atoms with Crippen molar-refractivity contribution < 1.29 is 9.59 Å². The molecule has 1 aromatic heterocycles. The van der Waals surface area contributed by atoms with E-state index >= 15 is 0 Å². The third-order valence-corrected chi connectivity index (χ3v) is 4.39. The van der Waals surface area contributed by atoms with E-state index in [0.717, 1.165) is 4.88 Å². The first-order valence-corrected chi connectivity index (χ1v) is 8.05. The van der Waals surface area contributed by atoms with Crippen molar-refractivity contribution in [1.29, 1.82) is 0 Å². The lowest BCUT2D eigenvalue weighted by Gasteiger charge is -2.16. The van der Waals surface area contributed by atoms with Gasteiger partial charge in [-0.2, -0.15) is 0 Å². The molecule has 0 radical (unpaired) electrons. The number of hydrogen-bond acceptors (Lipinski definition) is 3. The van der Waals surface area contributed by atoms with E-state index < -0.39 is 0 Å². The van der Waals surface area contributed by atoms with Crippen LogP contribution in [-0.4, -0.2) is 30.3 Å². The van der Waals surface area contributed by atoms with E-state index in [2.05, 4.69) is 5.32 Å². The molecule has 0 bridgehead atoms. The zero-order valence-corrected chi connectivity index (χ0v) is 14.1. The Balaban J connectivity index is 1.85. The molecule has 22 heavy (non-hydrogen) atoms. The normalized spacial score (nSPS) is 10.3. The standard InChI is InChI=1S/C15H14Cl2N2O2S/c1-19(9-12-5-6-13(17)22-12)14(20)8-18-15(21)10-3-2-4-11(16)7-10/h2-7H,8-9H2,1H3,(H,18,21). The van der Waals surface area contributed by atoms with Gasteiger partial charge in [-0.1, -0.05) is 29.3 Å².